The number of hydroxylamine groups is 2. The van der Waals surface area contributed by atoms with Gasteiger partial charge in [0.05, 0.1) is 17.2 Å². The van der Waals surface area contributed by atoms with Crippen molar-refractivity contribution in [2.24, 2.45) is 16.5 Å². The van der Waals surface area contributed by atoms with Gasteiger partial charge >= 0.3 is 0 Å². The van der Waals surface area contributed by atoms with Crippen molar-refractivity contribution < 1.29 is 22.6 Å². The van der Waals surface area contributed by atoms with Gasteiger partial charge in [-0.05, 0) is 24.6 Å². The van der Waals surface area contributed by atoms with Gasteiger partial charge in [-0.3, -0.25) is 14.2 Å². The predicted octanol–water partition coefficient (Wildman–Crippen LogP) is 0.838. The number of amides is 1. The van der Waals surface area contributed by atoms with Crippen molar-refractivity contribution in [3.8, 4) is 0 Å². The Morgan fingerprint density at radius 3 is 2.77 bits per heavy atom. The maximum absolute atomic E-state index is 12.8. The van der Waals surface area contributed by atoms with Gasteiger partial charge in [-0.1, -0.05) is 13.0 Å². The van der Waals surface area contributed by atoms with Crippen LogP contribution in [0.25, 0.3) is 6.08 Å². The summed E-state index contributed by atoms with van der Waals surface area (Å²) in [4.78, 5) is 22.0. The number of aliphatic imine (C=N–C) groups is 1. The van der Waals surface area contributed by atoms with Crippen LogP contribution in [0.2, 0.25) is 0 Å². The summed E-state index contributed by atoms with van der Waals surface area (Å²) in [7, 11) is -4.36. The third-order valence-electron chi connectivity index (χ3n) is 3.56. The van der Waals surface area contributed by atoms with E-state index in [0.717, 1.165) is 0 Å². The number of benzene rings is 1. The highest BCUT2D eigenvalue weighted by Gasteiger charge is 2.22. The zero-order valence-corrected chi connectivity index (χ0v) is 15.2. The van der Waals surface area contributed by atoms with Gasteiger partial charge in [-0.2, -0.15) is 8.42 Å². The molecule has 5 N–H and O–H groups in total. The molecule has 0 atom stereocenters. The molecule has 0 unspecified atom stereocenters. The quantitative estimate of drug-likeness (QED) is 0.467. The van der Waals surface area contributed by atoms with Gasteiger partial charge in [0.25, 0.3) is 16.0 Å². The number of fused-ring (bicyclic) bond motifs is 1. The van der Waals surface area contributed by atoms with Crippen LogP contribution >= 0.6 is 0 Å². The Morgan fingerprint density at radius 1 is 1.42 bits per heavy atom. The molecule has 10 heteroatoms. The number of nitrogens with zero attached hydrogens (tertiary/aromatic N) is 2. The fourth-order valence-corrected chi connectivity index (χ4v) is 2.92. The van der Waals surface area contributed by atoms with Gasteiger partial charge in [0, 0.05) is 30.6 Å². The molecule has 1 aliphatic heterocycles. The first-order valence-corrected chi connectivity index (χ1v) is 9.50. The van der Waals surface area contributed by atoms with Crippen molar-refractivity contribution in [3.63, 3.8) is 0 Å². The molecule has 0 saturated carbocycles. The summed E-state index contributed by atoms with van der Waals surface area (Å²) < 4.78 is 31.8. The number of nitrogens with two attached hydrogens (primary N) is 2. The summed E-state index contributed by atoms with van der Waals surface area (Å²) in [5.74, 6) is -0.212. The minimum Gasteiger partial charge on any atom is -0.387 e. The molecule has 0 aromatic heterocycles. The van der Waals surface area contributed by atoms with Crippen LogP contribution in [0.3, 0.4) is 0 Å². The molecule has 26 heavy (non-hydrogen) atoms. The topological polar surface area (TPSA) is 148 Å². The summed E-state index contributed by atoms with van der Waals surface area (Å²) in [6.07, 6.45) is 2.37. The van der Waals surface area contributed by atoms with Crippen LogP contribution in [0.1, 0.15) is 25.3 Å². The van der Waals surface area contributed by atoms with Gasteiger partial charge in [-0.15, -0.1) is 0 Å². The monoisotopic (exact) mass is 382 g/mol. The Labute approximate surface area is 152 Å². The maximum Gasteiger partial charge on any atom is 0.294 e. The molecule has 1 aliphatic rings. The standard InChI is InChI=1S/C16H22N4O5S/c1-2-6-20(25-7-5-17)16(21)12-8-11-3-4-13(26(22,23)24)10-14(11)19-15(18)9-12/h3-4,8,10H,2,5-7,9,17H2,1H3,(H2,18,19)(H,22,23,24). The molecular weight excluding hydrogens is 360 g/mol. The zero-order chi connectivity index (χ0) is 19.3. The lowest BCUT2D eigenvalue weighted by Gasteiger charge is -2.22. The molecule has 0 fully saturated rings. The summed E-state index contributed by atoms with van der Waals surface area (Å²) in [5, 5.41) is 1.24. The molecule has 1 aromatic rings. The minimum absolute atomic E-state index is 0.0842. The predicted molar refractivity (Wildman–Crippen MR) is 97.1 cm³/mol. The van der Waals surface area contributed by atoms with E-state index in [0.29, 0.717) is 24.1 Å². The second-order valence-corrected chi connectivity index (χ2v) is 7.10. The van der Waals surface area contributed by atoms with E-state index >= 15 is 0 Å². The minimum atomic E-state index is -4.36. The van der Waals surface area contributed by atoms with Crippen LogP contribution in [0.4, 0.5) is 5.69 Å². The number of hydrogen-bond donors (Lipinski definition) is 3. The van der Waals surface area contributed by atoms with Gasteiger partial charge in [-0.25, -0.2) is 10.1 Å². The fourth-order valence-electron chi connectivity index (χ4n) is 2.42. The smallest absolute Gasteiger partial charge is 0.294 e. The van der Waals surface area contributed by atoms with Crippen LogP contribution in [0, 0.1) is 0 Å². The average Bonchev–Trinajstić information content (AvgIpc) is 2.74. The molecule has 2 rings (SSSR count). The Morgan fingerprint density at radius 2 is 2.15 bits per heavy atom. The van der Waals surface area contributed by atoms with Gasteiger partial charge in [0.1, 0.15) is 5.84 Å². The molecule has 0 aliphatic carbocycles. The summed E-state index contributed by atoms with van der Waals surface area (Å²) in [6, 6.07) is 3.90. The molecular formula is C16H22N4O5S. The van der Waals surface area contributed by atoms with Crippen molar-refractivity contribution in [1.82, 2.24) is 5.06 Å². The summed E-state index contributed by atoms with van der Waals surface area (Å²) >= 11 is 0. The lowest BCUT2D eigenvalue weighted by Crippen LogP contribution is -2.35. The Kier molecular flexibility index (Phi) is 6.48. The number of hydrogen-bond acceptors (Lipinski definition) is 7. The number of amidine groups is 1. The van der Waals surface area contributed by atoms with Gasteiger partial charge < -0.3 is 11.5 Å². The maximum atomic E-state index is 12.8. The molecule has 0 radical (unpaired) electrons. The second kappa shape index (κ2) is 8.41. The van der Waals surface area contributed by atoms with E-state index in [1.54, 1.807) is 6.08 Å². The Balaban J connectivity index is 2.41. The van der Waals surface area contributed by atoms with E-state index in [2.05, 4.69) is 4.99 Å². The molecule has 1 aromatic carbocycles. The van der Waals surface area contributed by atoms with Crippen LogP contribution in [0.5, 0.6) is 0 Å². The van der Waals surface area contributed by atoms with Crippen LogP contribution in [0.15, 0.2) is 33.7 Å². The molecule has 1 amide bonds. The van der Waals surface area contributed by atoms with Crippen LogP contribution in [-0.2, 0) is 19.8 Å². The number of carbonyl (C=O) groups excluding carboxylic acids is 1. The normalized spacial score (nSPS) is 14.1. The first-order chi connectivity index (χ1) is 12.3. The van der Waals surface area contributed by atoms with E-state index in [4.69, 9.17) is 16.3 Å². The molecule has 1 heterocycles. The highest BCUT2D eigenvalue weighted by molar-refractivity contribution is 7.85. The van der Waals surface area contributed by atoms with Crippen molar-refractivity contribution in [1.29, 1.82) is 0 Å². The highest BCUT2D eigenvalue weighted by atomic mass is 32.2. The Hall–Kier alpha value is -2.27. The van der Waals surface area contributed by atoms with E-state index in [1.165, 1.54) is 23.3 Å². The summed E-state index contributed by atoms with van der Waals surface area (Å²) in [6.45, 7) is 2.78. The SMILES string of the molecule is CCCN(OCCN)C(=O)C1=Cc2ccc(S(=O)(=O)O)cc2N=C(N)C1. The zero-order valence-electron chi connectivity index (χ0n) is 14.4. The average molecular weight is 382 g/mol. The summed E-state index contributed by atoms with van der Waals surface area (Å²) in [5.41, 5.74) is 12.4. The fraction of sp³-hybridized carbons (Fsp3) is 0.375. The van der Waals surface area contributed by atoms with E-state index < -0.39 is 10.1 Å². The van der Waals surface area contributed by atoms with Gasteiger partial charge in [0.2, 0.25) is 0 Å². The van der Waals surface area contributed by atoms with E-state index in [-0.39, 0.29) is 41.9 Å². The highest BCUT2D eigenvalue weighted by Crippen LogP contribution is 2.29. The second-order valence-electron chi connectivity index (χ2n) is 5.67. The number of rotatable bonds is 7. The van der Waals surface area contributed by atoms with Crippen molar-refractivity contribution in [2.45, 2.75) is 24.7 Å². The van der Waals surface area contributed by atoms with Gasteiger partial charge in [0.15, 0.2) is 0 Å². The lowest BCUT2D eigenvalue weighted by molar-refractivity contribution is -0.181. The van der Waals surface area contributed by atoms with E-state index in [9.17, 15) is 17.8 Å². The third kappa shape index (κ3) is 4.88. The van der Waals surface area contributed by atoms with Crippen LogP contribution in [-0.4, -0.2) is 49.5 Å². The van der Waals surface area contributed by atoms with Crippen LogP contribution < -0.4 is 11.5 Å². The molecule has 0 spiro atoms. The molecule has 0 bridgehead atoms. The number of carbonyl (C=O) groups is 1. The molecule has 142 valence electrons. The third-order valence-corrected chi connectivity index (χ3v) is 4.41. The lowest BCUT2D eigenvalue weighted by atomic mass is 10.1. The largest absolute Gasteiger partial charge is 0.387 e. The van der Waals surface area contributed by atoms with E-state index in [1.807, 2.05) is 6.92 Å². The molecule has 0 saturated heterocycles. The molecule has 9 nitrogen and oxygen atoms in total. The first kappa shape index (κ1) is 20.0. The van der Waals surface area contributed by atoms with Crippen molar-refractivity contribution in [2.75, 3.05) is 19.7 Å². The Bertz CT molecular complexity index is 848. The van der Waals surface area contributed by atoms with Crippen molar-refractivity contribution >= 4 is 33.6 Å². The van der Waals surface area contributed by atoms with Crippen molar-refractivity contribution in [3.05, 3.63) is 29.3 Å². The first-order valence-electron chi connectivity index (χ1n) is 8.06.